The lowest BCUT2D eigenvalue weighted by Gasteiger charge is -1.97. The van der Waals surface area contributed by atoms with Gasteiger partial charge in [-0.25, -0.2) is 0 Å². The molecule has 0 heterocycles. The molecule has 0 radical (unpaired) electrons. The van der Waals surface area contributed by atoms with Gasteiger partial charge in [0.05, 0.1) is 0 Å². The van der Waals surface area contributed by atoms with Crippen LogP contribution in [0, 0.1) is 0 Å². The maximum atomic E-state index is 4.13. The summed E-state index contributed by atoms with van der Waals surface area (Å²) in [5.41, 5.74) is 2.40. The van der Waals surface area contributed by atoms with Crippen molar-refractivity contribution in [3.63, 3.8) is 0 Å². The maximum Gasteiger partial charge on any atom is 0.0344 e. The molecule has 62 valence electrons. The fourth-order valence-electron chi connectivity index (χ4n) is 0.844. The molecule has 0 spiro atoms. The summed E-state index contributed by atoms with van der Waals surface area (Å²) in [4.78, 5) is 4.13. The molecule has 0 saturated carbocycles. The maximum absolute atomic E-state index is 4.13. The van der Waals surface area contributed by atoms with Crippen LogP contribution in [0.5, 0.6) is 0 Å². The number of aliphatic imine (C=N–C) groups is 1. The van der Waals surface area contributed by atoms with E-state index < -0.39 is 0 Å². The molecule has 0 bridgehead atoms. The molecule has 11 heavy (non-hydrogen) atoms. The Morgan fingerprint density at radius 3 is 2.27 bits per heavy atom. The van der Waals surface area contributed by atoms with Gasteiger partial charge in [0.15, 0.2) is 0 Å². The molecule has 0 fully saturated rings. The molecule has 0 saturated heterocycles. The lowest BCUT2D eigenvalue weighted by molar-refractivity contribution is 1.15. The summed E-state index contributed by atoms with van der Waals surface area (Å²) in [6.07, 6.45) is 6.02. The summed E-state index contributed by atoms with van der Waals surface area (Å²) in [7, 11) is 1.83. The monoisotopic (exact) mass is 151 g/mol. The second-order valence-electron chi connectivity index (χ2n) is 2.35. The van der Waals surface area contributed by atoms with Crippen LogP contribution in [0.3, 0.4) is 0 Å². The van der Waals surface area contributed by atoms with Gasteiger partial charge < -0.3 is 0 Å². The molecule has 0 aliphatic rings. The number of allylic oxidation sites excluding steroid dienone is 3. The number of hydrogen-bond acceptors (Lipinski definition) is 1. The SMILES string of the molecule is C=C/C(=C\C(CC)=NC)CC. The van der Waals surface area contributed by atoms with E-state index in [0.29, 0.717) is 0 Å². The van der Waals surface area contributed by atoms with E-state index in [1.165, 1.54) is 5.57 Å². The summed E-state index contributed by atoms with van der Waals surface area (Å²) >= 11 is 0. The quantitative estimate of drug-likeness (QED) is 0.432. The standard InChI is InChI=1S/C10H17N/c1-5-9(6-2)8-10(7-3)11-4/h5,8H,1,6-7H2,2-4H3/b9-8+,11-10?. The second-order valence-corrected chi connectivity index (χ2v) is 2.35. The highest BCUT2D eigenvalue weighted by atomic mass is 14.7. The first-order valence-electron chi connectivity index (χ1n) is 4.07. The molecule has 0 atom stereocenters. The van der Waals surface area contributed by atoms with Crippen LogP contribution >= 0.6 is 0 Å². The largest absolute Gasteiger partial charge is 0.293 e. The molecular formula is C10H17N. The minimum Gasteiger partial charge on any atom is -0.293 e. The highest BCUT2D eigenvalue weighted by Crippen LogP contribution is 2.02. The van der Waals surface area contributed by atoms with Crippen LogP contribution in [-0.4, -0.2) is 12.8 Å². The van der Waals surface area contributed by atoms with E-state index in [0.717, 1.165) is 18.6 Å². The fourth-order valence-corrected chi connectivity index (χ4v) is 0.844. The molecular weight excluding hydrogens is 134 g/mol. The Hall–Kier alpha value is -0.850. The van der Waals surface area contributed by atoms with Gasteiger partial charge >= 0.3 is 0 Å². The Morgan fingerprint density at radius 1 is 1.36 bits per heavy atom. The van der Waals surface area contributed by atoms with E-state index >= 15 is 0 Å². The van der Waals surface area contributed by atoms with E-state index in [2.05, 4.69) is 31.5 Å². The third-order valence-corrected chi connectivity index (χ3v) is 1.67. The van der Waals surface area contributed by atoms with Gasteiger partial charge in [-0.15, -0.1) is 0 Å². The van der Waals surface area contributed by atoms with Gasteiger partial charge in [-0.1, -0.05) is 26.5 Å². The molecule has 1 heteroatoms. The second kappa shape index (κ2) is 5.90. The molecule has 0 aromatic rings. The first kappa shape index (κ1) is 10.2. The predicted octanol–water partition coefficient (Wildman–Crippen LogP) is 2.99. The zero-order valence-electron chi connectivity index (χ0n) is 7.72. The highest BCUT2D eigenvalue weighted by Gasteiger charge is 1.90. The highest BCUT2D eigenvalue weighted by molar-refractivity contribution is 5.95. The Bertz CT molecular complexity index is 175. The van der Waals surface area contributed by atoms with Gasteiger partial charge in [0.1, 0.15) is 0 Å². The Balaban J connectivity index is 4.35. The van der Waals surface area contributed by atoms with Crippen molar-refractivity contribution in [1.29, 1.82) is 0 Å². The van der Waals surface area contributed by atoms with Crippen LogP contribution in [0.15, 0.2) is 29.3 Å². The van der Waals surface area contributed by atoms with Crippen molar-refractivity contribution in [2.75, 3.05) is 7.05 Å². The zero-order chi connectivity index (χ0) is 8.69. The van der Waals surface area contributed by atoms with Gasteiger partial charge in [0.25, 0.3) is 0 Å². The zero-order valence-corrected chi connectivity index (χ0v) is 7.72. The summed E-state index contributed by atoms with van der Waals surface area (Å²) < 4.78 is 0. The number of nitrogens with zero attached hydrogens (tertiary/aromatic N) is 1. The van der Waals surface area contributed by atoms with E-state index in [-0.39, 0.29) is 0 Å². The molecule has 0 unspecified atom stereocenters. The third-order valence-electron chi connectivity index (χ3n) is 1.67. The van der Waals surface area contributed by atoms with E-state index in [1.54, 1.807) is 0 Å². The van der Waals surface area contributed by atoms with Gasteiger partial charge in [-0.2, -0.15) is 0 Å². The lowest BCUT2D eigenvalue weighted by Crippen LogP contribution is -1.91. The minimum absolute atomic E-state index is 0.994. The molecule has 0 N–H and O–H groups in total. The van der Waals surface area contributed by atoms with E-state index in [9.17, 15) is 0 Å². The molecule has 0 rings (SSSR count). The lowest BCUT2D eigenvalue weighted by atomic mass is 10.1. The van der Waals surface area contributed by atoms with Gasteiger partial charge in [0, 0.05) is 12.8 Å². The van der Waals surface area contributed by atoms with Crippen molar-refractivity contribution < 1.29 is 0 Å². The summed E-state index contributed by atoms with van der Waals surface area (Å²) in [6, 6.07) is 0. The Labute approximate surface area is 69.5 Å². The Kier molecular flexibility index (Phi) is 5.44. The molecule has 0 amide bonds. The predicted molar refractivity (Wildman–Crippen MR) is 52.2 cm³/mol. The fraction of sp³-hybridized carbons (Fsp3) is 0.500. The smallest absolute Gasteiger partial charge is 0.0344 e. The van der Waals surface area contributed by atoms with Crippen molar-refractivity contribution in [3.8, 4) is 0 Å². The van der Waals surface area contributed by atoms with Crippen LogP contribution in [0.25, 0.3) is 0 Å². The first-order valence-corrected chi connectivity index (χ1v) is 4.07. The normalized spacial score (nSPS) is 13.4. The van der Waals surface area contributed by atoms with Crippen LogP contribution in [0.4, 0.5) is 0 Å². The number of rotatable bonds is 4. The van der Waals surface area contributed by atoms with Gasteiger partial charge in [-0.3, -0.25) is 4.99 Å². The van der Waals surface area contributed by atoms with Crippen LogP contribution in [0.1, 0.15) is 26.7 Å². The van der Waals surface area contributed by atoms with Crippen molar-refractivity contribution in [3.05, 3.63) is 24.3 Å². The third kappa shape index (κ3) is 3.76. The molecule has 1 nitrogen and oxygen atoms in total. The topological polar surface area (TPSA) is 12.4 Å². The van der Waals surface area contributed by atoms with Gasteiger partial charge in [-0.05, 0) is 24.5 Å². The van der Waals surface area contributed by atoms with Crippen LogP contribution in [-0.2, 0) is 0 Å². The average Bonchev–Trinajstić information content (AvgIpc) is 2.07. The molecule has 0 aliphatic heterocycles. The molecule has 0 aromatic carbocycles. The van der Waals surface area contributed by atoms with E-state index in [1.807, 2.05) is 13.1 Å². The van der Waals surface area contributed by atoms with Crippen LogP contribution < -0.4 is 0 Å². The molecule has 0 aromatic heterocycles. The van der Waals surface area contributed by atoms with Crippen molar-refractivity contribution >= 4 is 5.71 Å². The van der Waals surface area contributed by atoms with Crippen LogP contribution in [0.2, 0.25) is 0 Å². The molecule has 0 aliphatic carbocycles. The first-order chi connectivity index (χ1) is 5.28. The van der Waals surface area contributed by atoms with Crippen molar-refractivity contribution in [2.45, 2.75) is 26.7 Å². The van der Waals surface area contributed by atoms with Gasteiger partial charge in [0.2, 0.25) is 0 Å². The van der Waals surface area contributed by atoms with Crippen molar-refractivity contribution in [1.82, 2.24) is 0 Å². The average molecular weight is 151 g/mol. The summed E-state index contributed by atoms with van der Waals surface area (Å²) in [6.45, 7) is 7.96. The van der Waals surface area contributed by atoms with E-state index in [4.69, 9.17) is 0 Å². The minimum atomic E-state index is 0.994. The summed E-state index contributed by atoms with van der Waals surface area (Å²) in [5, 5.41) is 0. The Morgan fingerprint density at radius 2 is 2.00 bits per heavy atom. The number of hydrogen-bond donors (Lipinski definition) is 0. The van der Waals surface area contributed by atoms with Crippen molar-refractivity contribution in [2.24, 2.45) is 4.99 Å². The summed E-state index contributed by atoms with van der Waals surface area (Å²) in [5.74, 6) is 0.